The average Bonchev–Trinajstić information content (AvgIpc) is 3.44. The van der Waals surface area contributed by atoms with Gasteiger partial charge in [-0.3, -0.25) is 19.1 Å². The molecule has 0 aliphatic carbocycles. The molecular weight excluding hydrogens is 500 g/mol. The van der Waals surface area contributed by atoms with Crippen molar-refractivity contribution in [2.75, 3.05) is 36.5 Å². The molecule has 3 aromatic rings. The van der Waals surface area contributed by atoms with Crippen molar-refractivity contribution < 1.29 is 14.3 Å². The maximum Gasteiger partial charge on any atom is 0.414 e. The van der Waals surface area contributed by atoms with E-state index in [1.807, 2.05) is 32.2 Å². The fourth-order valence-electron chi connectivity index (χ4n) is 4.25. The molecule has 1 atom stereocenters. The Morgan fingerprint density at radius 1 is 1.19 bits per heavy atom. The van der Waals surface area contributed by atoms with E-state index >= 15 is 0 Å². The zero-order chi connectivity index (χ0) is 26.0. The SMILES string of the molecule is CCCN(C)c1cc(-n2cccc(C)c2=O)c(C)cc1N1CC(CNC(=O)c2ccc(Cl)s2)OC1=O. The summed E-state index contributed by atoms with van der Waals surface area (Å²) in [4.78, 5) is 42.3. The van der Waals surface area contributed by atoms with E-state index in [9.17, 15) is 14.4 Å². The smallest absolute Gasteiger partial charge is 0.414 e. The first-order valence-electron chi connectivity index (χ1n) is 11.8. The third-order valence-corrected chi connectivity index (χ3v) is 7.34. The van der Waals surface area contributed by atoms with Crippen LogP contribution in [-0.2, 0) is 4.74 Å². The van der Waals surface area contributed by atoms with E-state index in [-0.39, 0.29) is 18.0 Å². The number of hydrogen-bond acceptors (Lipinski definition) is 6. The summed E-state index contributed by atoms with van der Waals surface area (Å²) < 4.78 is 7.75. The van der Waals surface area contributed by atoms with E-state index in [2.05, 4.69) is 17.1 Å². The van der Waals surface area contributed by atoms with Crippen LogP contribution < -0.4 is 20.7 Å². The molecule has 1 saturated heterocycles. The summed E-state index contributed by atoms with van der Waals surface area (Å²) in [6.45, 7) is 7.04. The Labute approximate surface area is 219 Å². The molecule has 1 aromatic carbocycles. The van der Waals surface area contributed by atoms with Crippen molar-refractivity contribution >= 4 is 46.3 Å². The topological polar surface area (TPSA) is 83.9 Å². The van der Waals surface area contributed by atoms with Crippen LogP contribution in [0.2, 0.25) is 4.34 Å². The largest absolute Gasteiger partial charge is 0.442 e. The lowest BCUT2D eigenvalue weighted by molar-refractivity contribution is 0.0920. The van der Waals surface area contributed by atoms with Gasteiger partial charge in [0.2, 0.25) is 0 Å². The molecule has 1 aliphatic heterocycles. The summed E-state index contributed by atoms with van der Waals surface area (Å²) in [5, 5.41) is 2.82. The molecule has 190 valence electrons. The molecule has 8 nitrogen and oxygen atoms in total. The number of thiophene rings is 1. The summed E-state index contributed by atoms with van der Waals surface area (Å²) in [6.07, 6.45) is 1.69. The van der Waals surface area contributed by atoms with Crippen molar-refractivity contribution in [3.05, 3.63) is 73.3 Å². The number of carbonyl (C=O) groups excluding carboxylic acids is 2. The Balaban J connectivity index is 1.61. The normalized spacial score (nSPS) is 15.2. The molecule has 0 bridgehead atoms. The van der Waals surface area contributed by atoms with Crippen LogP contribution in [0.5, 0.6) is 0 Å². The number of hydrogen-bond donors (Lipinski definition) is 1. The first-order valence-corrected chi connectivity index (χ1v) is 12.9. The number of benzene rings is 1. The molecule has 0 spiro atoms. The minimum absolute atomic E-state index is 0.0825. The summed E-state index contributed by atoms with van der Waals surface area (Å²) >= 11 is 7.11. The summed E-state index contributed by atoms with van der Waals surface area (Å²) in [6, 6.07) is 10.8. The Morgan fingerprint density at radius 3 is 2.67 bits per heavy atom. The Bertz CT molecular complexity index is 1350. The van der Waals surface area contributed by atoms with Gasteiger partial charge in [-0.2, -0.15) is 0 Å². The predicted octanol–water partition coefficient (Wildman–Crippen LogP) is 4.77. The predicted molar refractivity (Wildman–Crippen MR) is 144 cm³/mol. The van der Waals surface area contributed by atoms with E-state index in [4.69, 9.17) is 16.3 Å². The summed E-state index contributed by atoms with van der Waals surface area (Å²) in [5.74, 6) is -0.256. The van der Waals surface area contributed by atoms with Crippen LogP contribution in [0.1, 0.15) is 34.1 Å². The Hall–Kier alpha value is -3.30. The molecule has 2 aromatic heterocycles. The van der Waals surface area contributed by atoms with Gasteiger partial charge in [0, 0.05) is 25.4 Å². The zero-order valence-electron chi connectivity index (χ0n) is 20.7. The number of anilines is 2. The van der Waals surface area contributed by atoms with Gasteiger partial charge < -0.3 is 15.0 Å². The lowest BCUT2D eigenvalue weighted by Crippen LogP contribution is -2.34. The van der Waals surface area contributed by atoms with Gasteiger partial charge in [0.05, 0.1) is 39.4 Å². The van der Waals surface area contributed by atoms with Crippen molar-refractivity contribution in [1.29, 1.82) is 0 Å². The van der Waals surface area contributed by atoms with Crippen LogP contribution in [0, 0.1) is 13.8 Å². The van der Waals surface area contributed by atoms with Crippen LogP contribution in [-0.4, -0.2) is 49.4 Å². The van der Waals surface area contributed by atoms with Crippen LogP contribution in [0.15, 0.2) is 47.4 Å². The van der Waals surface area contributed by atoms with Gasteiger partial charge in [0.1, 0.15) is 6.10 Å². The second kappa shape index (κ2) is 10.8. The van der Waals surface area contributed by atoms with Gasteiger partial charge in [-0.1, -0.05) is 24.6 Å². The van der Waals surface area contributed by atoms with Gasteiger partial charge in [0.15, 0.2) is 0 Å². The average molecular weight is 529 g/mol. The highest BCUT2D eigenvalue weighted by atomic mass is 35.5. The van der Waals surface area contributed by atoms with Crippen molar-refractivity contribution in [1.82, 2.24) is 9.88 Å². The van der Waals surface area contributed by atoms with Gasteiger partial charge in [-0.05, 0) is 56.2 Å². The Morgan fingerprint density at radius 2 is 1.97 bits per heavy atom. The Kier molecular flexibility index (Phi) is 7.70. The van der Waals surface area contributed by atoms with Crippen molar-refractivity contribution in [2.45, 2.75) is 33.3 Å². The summed E-state index contributed by atoms with van der Waals surface area (Å²) in [7, 11) is 1.96. The minimum atomic E-state index is -0.499. The fourth-order valence-corrected chi connectivity index (χ4v) is 5.21. The number of rotatable bonds is 8. The van der Waals surface area contributed by atoms with Gasteiger partial charge in [0.25, 0.3) is 11.5 Å². The summed E-state index contributed by atoms with van der Waals surface area (Å²) in [5.41, 5.74) is 3.71. The van der Waals surface area contributed by atoms with E-state index in [1.165, 1.54) is 11.3 Å². The van der Waals surface area contributed by atoms with Gasteiger partial charge >= 0.3 is 6.09 Å². The number of cyclic esters (lactones) is 1. The fraction of sp³-hybridized carbons (Fsp3) is 0.346. The number of pyridine rings is 1. The van der Waals surface area contributed by atoms with E-state index in [1.54, 1.807) is 40.8 Å². The molecule has 4 rings (SSSR count). The van der Waals surface area contributed by atoms with Crippen molar-refractivity contribution in [3.8, 4) is 5.69 Å². The third kappa shape index (κ3) is 5.27. The third-order valence-electron chi connectivity index (χ3n) is 6.11. The second-order valence-electron chi connectivity index (χ2n) is 8.85. The number of aromatic nitrogens is 1. The molecule has 36 heavy (non-hydrogen) atoms. The first-order chi connectivity index (χ1) is 17.2. The lowest BCUT2D eigenvalue weighted by Gasteiger charge is -2.27. The molecular formula is C26H29ClN4O4S. The van der Waals surface area contributed by atoms with E-state index < -0.39 is 12.2 Å². The van der Waals surface area contributed by atoms with Crippen LogP contribution in [0.4, 0.5) is 16.2 Å². The minimum Gasteiger partial charge on any atom is -0.442 e. The molecule has 2 amide bonds. The molecule has 1 aliphatic rings. The zero-order valence-corrected chi connectivity index (χ0v) is 22.3. The highest BCUT2D eigenvalue weighted by Gasteiger charge is 2.35. The maximum absolute atomic E-state index is 12.9. The number of carbonyl (C=O) groups is 2. The molecule has 3 heterocycles. The lowest BCUT2D eigenvalue weighted by atomic mass is 10.1. The number of nitrogens with one attached hydrogen (secondary N) is 1. The molecule has 1 fully saturated rings. The van der Waals surface area contributed by atoms with E-state index in [0.29, 0.717) is 27.0 Å². The first kappa shape index (κ1) is 25.8. The van der Waals surface area contributed by atoms with Crippen LogP contribution in [0.3, 0.4) is 0 Å². The van der Waals surface area contributed by atoms with E-state index in [0.717, 1.165) is 29.9 Å². The molecule has 1 N–H and O–H groups in total. The van der Waals surface area contributed by atoms with Crippen molar-refractivity contribution in [2.24, 2.45) is 0 Å². The maximum atomic E-state index is 12.9. The molecule has 0 saturated carbocycles. The number of halogens is 1. The number of nitrogens with zero attached hydrogens (tertiary/aromatic N) is 3. The van der Waals surface area contributed by atoms with Gasteiger partial charge in [-0.15, -0.1) is 11.3 Å². The molecule has 0 radical (unpaired) electrons. The quantitative estimate of drug-likeness (QED) is 0.455. The number of amides is 2. The monoisotopic (exact) mass is 528 g/mol. The van der Waals surface area contributed by atoms with Crippen LogP contribution >= 0.6 is 22.9 Å². The molecule has 10 heteroatoms. The highest BCUT2D eigenvalue weighted by Crippen LogP contribution is 2.36. The second-order valence-corrected chi connectivity index (χ2v) is 10.6. The van der Waals surface area contributed by atoms with Crippen molar-refractivity contribution in [3.63, 3.8) is 0 Å². The number of ether oxygens (including phenoxy) is 1. The number of aryl methyl sites for hydroxylation is 2. The molecule has 1 unspecified atom stereocenters. The highest BCUT2D eigenvalue weighted by molar-refractivity contribution is 7.18. The van der Waals surface area contributed by atoms with Crippen LogP contribution in [0.25, 0.3) is 5.69 Å². The van der Waals surface area contributed by atoms with Gasteiger partial charge in [-0.25, -0.2) is 4.79 Å². The standard InChI is InChI=1S/C26H29ClN4O4S/c1-5-10-29(4)20-13-19(30-11-6-7-16(2)25(30)33)17(3)12-21(20)31-15-18(35-26(31)34)14-28-24(32)22-8-9-23(27)36-22/h6-9,11-13,18H,5,10,14-15H2,1-4H3,(H,28,32).